The van der Waals surface area contributed by atoms with Crippen molar-refractivity contribution in [1.82, 2.24) is 0 Å². The number of nitrogens with zero attached hydrogens (tertiary/aromatic N) is 1. The van der Waals surface area contributed by atoms with Crippen molar-refractivity contribution in [3.05, 3.63) is 59.7 Å². The Morgan fingerprint density at radius 3 is 1.47 bits per heavy atom. The molecule has 30 heavy (non-hydrogen) atoms. The second-order valence-corrected chi connectivity index (χ2v) is 8.26. The van der Waals surface area contributed by atoms with Crippen LogP contribution in [0.1, 0.15) is 89.2 Å². The van der Waals surface area contributed by atoms with E-state index in [4.69, 9.17) is 5.73 Å². The average molecular weight is 409 g/mol. The summed E-state index contributed by atoms with van der Waals surface area (Å²) >= 11 is 0. The van der Waals surface area contributed by atoms with E-state index in [9.17, 15) is 4.79 Å². The van der Waals surface area contributed by atoms with Crippen molar-refractivity contribution in [1.29, 1.82) is 0 Å². The van der Waals surface area contributed by atoms with E-state index in [1.807, 2.05) is 24.3 Å². The first-order chi connectivity index (χ1) is 14.7. The van der Waals surface area contributed by atoms with Crippen molar-refractivity contribution in [2.75, 3.05) is 4.90 Å². The summed E-state index contributed by atoms with van der Waals surface area (Å²) in [5, 5.41) is 0. The maximum Gasteiger partial charge on any atom is 0.323 e. The normalized spacial score (nSPS) is 10.9. The van der Waals surface area contributed by atoms with Crippen LogP contribution in [-0.2, 0) is 12.8 Å². The molecule has 2 N–H and O–H groups in total. The van der Waals surface area contributed by atoms with Crippen LogP contribution in [0.4, 0.5) is 16.2 Å². The Morgan fingerprint density at radius 2 is 1.07 bits per heavy atom. The highest BCUT2D eigenvalue weighted by molar-refractivity contribution is 5.99. The Bertz CT molecular complexity index is 699. The fourth-order valence-corrected chi connectivity index (χ4v) is 4.09. The van der Waals surface area contributed by atoms with Crippen molar-refractivity contribution < 1.29 is 4.79 Å². The molecule has 0 saturated carbocycles. The van der Waals surface area contributed by atoms with Crippen LogP contribution in [0.5, 0.6) is 0 Å². The maximum atomic E-state index is 12.6. The van der Waals surface area contributed by atoms with E-state index in [1.165, 1.54) is 62.5 Å². The quantitative estimate of drug-likeness (QED) is 0.317. The molecule has 0 atom stereocenters. The molecule has 0 aliphatic heterocycles. The summed E-state index contributed by atoms with van der Waals surface area (Å²) in [7, 11) is 0. The molecule has 2 aromatic carbocycles. The molecule has 3 nitrogen and oxygen atoms in total. The molecule has 2 aromatic rings. The molecule has 164 valence electrons. The van der Waals surface area contributed by atoms with Crippen LogP contribution < -0.4 is 10.6 Å². The molecule has 2 rings (SSSR count). The van der Waals surface area contributed by atoms with Gasteiger partial charge in [0.05, 0.1) is 11.4 Å². The molecular formula is C27H40N2O. The molecule has 0 radical (unpaired) electrons. The minimum Gasteiger partial charge on any atom is -0.351 e. The summed E-state index contributed by atoms with van der Waals surface area (Å²) in [5.41, 5.74) is 10.2. The number of benzene rings is 2. The van der Waals surface area contributed by atoms with E-state index in [1.54, 1.807) is 4.90 Å². The largest absolute Gasteiger partial charge is 0.351 e. The van der Waals surface area contributed by atoms with Gasteiger partial charge in [-0.3, -0.25) is 4.90 Å². The summed E-state index contributed by atoms with van der Waals surface area (Å²) in [6.07, 6.45) is 14.3. The third-order valence-corrected chi connectivity index (χ3v) is 5.78. The summed E-state index contributed by atoms with van der Waals surface area (Å²) in [4.78, 5) is 14.3. The van der Waals surface area contributed by atoms with Crippen LogP contribution in [0.15, 0.2) is 48.5 Å². The topological polar surface area (TPSA) is 46.3 Å². The number of aryl methyl sites for hydroxylation is 2. The molecule has 0 aliphatic rings. The van der Waals surface area contributed by atoms with Crippen LogP contribution in [0, 0.1) is 0 Å². The fraction of sp³-hybridized carbons (Fsp3) is 0.519. The molecule has 0 heterocycles. The van der Waals surface area contributed by atoms with Gasteiger partial charge in [0.15, 0.2) is 0 Å². The van der Waals surface area contributed by atoms with Gasteiger partial charge in [-0.05, 0) is 48.9 Å². The van der Waals surface area contributed by atoms with E-state index < -0.39 is 6.03 Å². The van der Waals surface area contributed by atoms with E-state index >= 15 is 0 Å². The molecular weight excluding hydrogens is 368 g/mol. The molecule has 0 unspecified atom stereocenters. The summed E-state index contributed by atoms with van der Waals surface area (Å²) in [6.45, 7) is 4.47. The maximum absolute atomic E-state index is 12.6. The second kappa shape index (κ2) is 13.8. The van der Waals surface area contributed by atoms with E-state index in [0.717, 1.165) is 37.1 Å². The SMILES string of the molecule is CCCCCCCc1ccccc1N(C(N)=O)c1ccccc1CCCCCCC. The number of carbonyl (C=O) groups excluding carboxylic acids is 1. The van der Waals surface area contributed by atoms with E-state index in [-0.39, 0.29) is 0 Å². The standard InChI is InChI=1S/C27H40N2O/c1-3-5-7-9-11-17-23-19-13-15-21-25(23)29(27(28)30)26-22-16-14-20-24(26)18-12-10-8-6-4-2/h13-16,19-22H,3-12,17-18H2,1-2H3,(H2,28,30). The van der Waals surface area contributed by atoms with Gasteiger partial charge in [0, 0.05) is 0 Å². The Balaban J connectivity index is 2.19. The number of urea groups is 1. The number of hydrogen-bond acceptors (Lipinski definition) is 1. The van der Waals surface area contributed by atoms with Crippen LogP contribution in [0.3, 0.4) is 0 Å². The number of para-hydroxylation sites is 2. The van der Waals surface area contributed by atoms with Gasteiger partial charge >= 0.3 is 6.03 Å². The van der Waals surface area contributed by atoms with Crippen LogP contribution in [-0.4, -0.2) is 6.03 Å². The lowest BCUT2D eigenvalue weighted by Gasteiger charge is -2.26. The predicted octanol–water partition coefficient (Wildman–Crippen LogP) is 7.93. The number of hydrogen-bond donors (Lipinski definition) is 1. The minimum absolute atomic E-state index is 0.410. The molecule has 0 spiro atoms. The average Bonchev–Trinajstić information content (AvgIpc) is 2.75. The molecule has 2 amide bonds. The minimum atomic E-state index is -0.410. The van der Waals surface area contributed by atoms with E-state index in [0.29, 0.717) is 0 Å². The number of anilines is 2. The van der Waals surface area contributed by atoms with Crippen LogP contribution >= 0.6 is 0 Å². The monoisotopic (exact) mass is 408 g/mol. The number of rotatable bonds is 14. The van der Waals surface area contributed by atoms with Crippen molar-refractivity contribution in [2.45, 2.75) is 90.9 Å². The molecule has 0 aliphatic carbocycles. The van der Waals surface area contributed by atoms with Gasteiger partial charge in [0.1, 0.15) is 0 Å². The molecule has 0 bridgehead atoms. The Morgan fingerprint density at radius 1 is 0.667 bits per heavy atom. The van der Waals surface area contributed by atoms with Crippen molar-refractivity contribution in [2.24, 2.45) is 5.73 Å². The highest BCUT2D eigenvalue weighted by Crippen LogP contribution is 2.33. The Kier molecular flexibility index (Phi) is 11.1. The Hall–Kier alpha value is -2.29. The van der Waals surface area contributed by atoms with Crippen LogP contribution in [0.2, 0.25) is 0 Å². The zero-order valence-corrected chi connectivity index (χ0v) is 19.0. The van der Waals surface area contributed by atoms with Gasteiger partial charge < -0.3 is 5.73 Å². The Labute approximate surface area is 183 Å². The zero-order valence-electron chi connectivity index (χ0n) is 19.0. The summed E-state index contributed by atoms with van der Waals surface area (Å²) in [5.74, 6) is 0. The number of nitrogens with two attached hydrogens (primary N) is 1. The first-order valence-corrected chi connectivity index (χ1v) is 11.9. The first kappa shape index (κ1) is 24.0. The third-order valence-electron chi connectivity index (χ3n) is 5.78. The number of primary amides is 1. The zero-order chi connectivity index (χ0) is 21.6. The van der Waals surface area contributed by atoms with Gasteiger partial charge in [-0.25, -0.2) is 4.79 Å². The smallest absolute Gasteiger partial charge is 0.323 e. The number of unbranched alkanes of at least 4 members (excludes halogenated alkanes) is 8. The van der Waals surface area contributed by atoms with Crippen molar-refractivity contribution >= 4 is 17.4 Å². The first-order valence-electron chi connectivity index (χ1n) is 11.9. The fourth-order valence-electron chi connectivity index (χ4n) is 4.09. The third kappa shape index (κ3) is 7.51. The van der Waals surface area contributed by atoms with Gasteiger partial charge in [-0.2, -0.15) is 0 Å². The second-order valence-electron chi connectivity index (χ2n) is 8.26. The molecule has 0 fully saturated rings. The van der Waals surface area contributed by atoms with E-state index in [2.05, 4.69) is 38.1 Å². The van der Waals surface area contributed by atoms with Gasteiger partial charge in [0.25, 0.3) is 0 Å². The number of carbonyl (C=O) groups is 1. The highest BCUT2D eigenvalue weighted by Gasteiger charge is 2.20. The number of amides is 2. The highest BCUT2D eigenvalue weighted by atomic mass is 16.2. The van der Waals surface area contributed by atoms with Gasteiger partial charge in [-0.1, -0.05) is 102 Å². The summed E-state index contributed by atoms with van der Waals surface area (Å²) < 4.78 is 0. The van der Waals surface area contributed by atoms with Crippen molar-refractivity contribution in [3.63, 3.8) is 0 Å². The van der Waals surface area contributed by atoms with Crippen molar-refractivity contribution in [3.8, 4) is 0 Å². The van der Waals surface area contributed by atoms with Crippen LogP contribution in [0.25, 0.3) is 0 Å². The van der Waals surface area contributed by atoms with Gasteiger partial charge in [0.2, 0.25) is 0 Å². The lowest BCUT2D eigenvalue weighted by atomic mass is 10.0. The summed E-state index contributed by atoms with van der Waals surface area (Å²) in [6, 6.07) is 16.0. The predicted molar refractivity (Wildman–Crippen MR) is 130 cm³/mol. The lowest BCUT2D eigenvalue weighted by Crippen LogP contribution is -2.33. The molecule has 0 aromatic heterocycles. The molecule has 3 heteroatoms. The molecule has 0 saturated heterocycles. The lowest BCUT2D eigenvalue weighted by molar-refractivity contribution is 0.256. The van der Waals surface area contributed by atoms with Gasteiger partial charge in [-0.15, -0.1) is 0 Å².